The highest BCUT2D eigenvalue weighted by atomic mass is 31.2. The molecule has 0 spiro atoms. The van der Waals surface area contributed by atoms with Gasteiger partial charge < -0.3 is 77.1 Å². The molecule has 554 valence electrons. The minimum Gasteiger partial charge on any atom is -0.465 e. The fourth-order valence-electron chi connectivity index (χ4n) is 10.2. The Morgan fingerprint density at radius 3 is 1.37 bits per heavy atom. The van der Waals surface area contributed by atoms with Gasteiger partial charge in [-0.15, -0.1) is 0 Å². The SMILES string of the molecule is CCCCCCCCCCCCCCCCCC(=O)OCC1(COP(=O)(O)OCCNC(=O)CCOCCOCCOCCOCCOCCOCCOCCOCCOCCOCCOCCOCCNC(=O)/C=C(C)/C=C/CC(C)/C=C/C2=C(C)CCCC2(C)C)CC1. The molecule has 0 heterocycles. The fourth-order valence-corrected chi connectivity index (χ4v) is 11.0. The summed E-state index contributed by atoms with van der Waals surface area (Å²) in [6, 6.07) is 0. The summed E-state index contributed by atoms with van der Waals surface area (Å²) in [5, 5.41) is 5.50. The molecule has 2 amide bonds. The molecule has 2 rings (SSSR count). The predicted molar refractivity (Wildman–Crippen MR) is 371 cm³/mol. The van der Waals surface area contributed by atoms with E-state index < -0.39 is 13.2 Å². The number of hydrogen-bond acceptors (Lipinski definition) is 19. The molecule has 0 aromatic rings. The number of carbonyl (C=O) groups is 3. The number of esters is 1. The molecule has 2 aliphatic rings. The first kappa shape index (κ1) is 88.1. The van der Waals surface area contributed by atoms with Gasteiger partial charge in [0.15, 0.2) is 0 Å². The lowest BCUT2D eigenvalue weighted by molar-refractivity contribution is -0.146. The zero-order valence-corrected chi connectivity index (χ0v) is 60.8. The highest BCUT2D eigenvalue weighted by molar-refractivity contribution is 7.47. The van der Waals surface area contributed by atoms with E-state index in [4.69, 9.17) is 70.6 Å². The average molecular weight is 1380 g/mol. The zero-order chi connectivity index (χ0) is 68.9. The number of ether oxygens (including phenoxy) is 13. The molecule has 0 aromatic carbocycles. The summed E-state index contributed by atoms with van der Waals surface area (Å²) in [5.41, 5.74) is 3.72. The lowest BCUT2D eigenvalue weighted by Crippen LogP contribution is -2.28. The second-order valence-corrected chi connectivity index (χ2v) is 26.9. The number of phosphoric acid groups is 1. The Kier molecular flexibility index (Phi) is 56.5. The first-order valence-electron chi connectivity index (χ1n) is 36.1. The Hall–Kier alpha value is -3.00. The van der Waals surface area contributed by atoms with Crippen LogP contribution in [0.3, 0.4) is 0 Å². The molecule has 0 aliphatic heterocycles. The molecule has 0 bridgehead atoms. The third-order valence-electron chi connectivity index (χ3n) is 16.2. The summed E-state index contributed by atoms with van der Waals surface area (Å²) < 4.78 is 94.5. The molecule has 0 aromatic heterocycles. The summed E-state index contributed by atoms with van der Waals surface area (Å²) in [6.07, 6.45) is 36.0. The Morgan fingerprint density at radius 2 is 0.937 bits per heavy atom. The van der Waals surface area contributed by atoms with Gasteiger partial charge in [0, 0.05) is 37.4 Å². The topological polar surface area (TPSA) is 251 Å². The molecule has 0 saturated heterocycles. The van der Waals surface area contributed by atoms with Gasteiger partial charge in [-0.1, -0.05) is 147 Å². The number of phosphoric ester groups is 1. The average Bonchev–Trinajstić information content (AvgIpc) is 1.75. The van der Waals surface area contributed by atoms with Gasteiger partial charge in [-0.05, 0) is 81.3 Å². The molecular formula is C72H131N2O20P. The van der Waals surface area contributed by atoms with Crippen LogP contribution in [0.4, 0.5) is 0 Å². The van der Waals surface area contributed by atoms with Crippen LogP contribution >= 0.6 is 7.82 Å². The lowest BCUT2D eigenvalue weighted by Gasteiger charge is -2.33. The normalized spacial score (nSPS) is 15.7. The molecule has 23 heteroatoms. The molecule has 3 N–H and O–H groups in total. The zero-order valence-electron chi connectivity index (χ0n) is 59.9. The van der Waals surface area contributed by atoms with Crippen LogP contribution in [0.25, 0.3) is 0 Å². The number of amides is 2. The van der Waals surface area contributed by atoms with Crippen LogP contribution in [-0.2, 0) is 89.6 Å². The quantitative estimate of drug-likeness (QED) is 0.0168. The molecule has 2 aliphatic carbocycles. The molecule has 0 radical (unpaired) electrons. The standard InChI is InChI=1S/C72H131N2O20P/c1-7-8-9-10-11-12-13-14-15-16-17-18-19-20-21-27-70(77)92-62-72(32-33-72)63-94-95(78,79)93-38-35-73-68(75)30-36-80-39-41-82-43-45-84-47-49-86-51-53-88-55-57-90-59-60-91-58-56-89-54-52-87-50-48-85-46-44-83-42-40-81-37-34-74-69(76)61-65(3)25-22-24-64(2)28-29-67-66(4)26-23-31-71(67,5)6/h22,25,28-29,61,64H,7-21,23-24,26-27,30-60,62-63H2,1-6H3,(H,73,75)(H,74,76)(H,78,79)/b25-22+,29-28+,65-61+. The van der Waals surface area contributed by atoms with Crippen LogP contribution in [0, 0.1) is 16.7 Å². The van der Waals surface area contributed by atoms with Crippen LogP contribution in [0.1, 0.15) is 189 Å². The highest BCUT2D eigenvalue weighted by Gasteiger charge is 2.46. The predicted octanol–water partition coefficient (Wildman–Crippen LogP) is 12.1. The van der Waals surface area contributed by atoms with E-state index in [1.165, 1.54) is 107 Å². The maximum Gasteiger partial charge on any atom is 0.472 e. The van der Waals surface area contributed by atoms with Crippen molar-refractivity contribution in [3.05, 3.63) is 47.1 Å². The van der Waals surface area contributed by atoms with E-state index in [2.05, 4.69) is 63.5 Å². The number of carbonyl (C=O) groups excluding carboxylic acids is 3. The Balaban J connectivity index is 1.21. The van der Waals surface area contributed by atoms with Crippen molar-refractivity contribution < 1.29 is 94.5 Å². The van der Waals surface area contributed by atoms with Crippen molar-refractivity contribution in [2.75, 3.05) is 191 Å². The molecule has 95 heavy (non-hydrogen) atoms. The minimum atomic E-state index is -4.34. The maximum atomic E-state index is 12.4. The van der Waals surface area contributed by atoms with Crippen molar-refractivity contribution in [2.24, 2.45) is 16.7 Å². The second kappa shape index (κ2) is 60.9. The summed E-state index contributed by atoms with van der Waals surface area (Å²) in [6.45, 7) is 24.0. The molecular weight excluding hydrogens is 1240 g/mol. The molecule has 1 saturated carbocycles. The van der Waals surface area contributed by atoms with Gasteiger partial charge in [-0.2, -0.15) is 0 Å². The molecule has 2 atom stereocenters. The van der Waals surface area contributed by atoms with E-state index in [9.17, 15) is 23.8 Å². The van der Waals surface area contributed by atoms with E-state index >= 15 is 0 Å². The first-order valence-corrected chi connectivity index (χ1v) is 37.6. The number of rotatable bonds is 70. The van der Waals surface area contributed by atoms with E-state index in [0.717, 1.165) is 44.1 Å². The first-order chi connectivity index (χ1) is 46.2. The van der Waals surface area contributed by atoms with Crippen LogP contribution in [0.5, 0.6) is 0 Å². The Bertz CT molecular complexity index is 2050. The van der Waals surface area contributed by atoms with Crippen molar-refractivity contribution >= 4 is 25.6 Å². The fraction of sp³-hybridized carbons (Fsp3) is 0.847. The molecule has 22 nitrogen and oxygen atoms in total. The van der Waals surface area contributed by atoms with E-state index in [0.29, 0.717) is 171 Å². The third-order valence-corrected chi connectivity index (χ3v) is 17.2. The minimum absolute atomic E-state index is 0.0290. The van der Waals surface area contributed by atoms with Crippen LogP contribution in [-0.4, -0.2) is 214 Å². The van der Waals surface area contributed by atoms with Crippen LogP contribution < -0.4 is 10.6 Å². The van der Waals surface area contributed by atoms with Gasteiger partial charge in [0.1, 0.15) is 0 Å². The maximum absolute atomic E-state index is 12.4. The monoisotopic (exact) mass is 1370 g/mol. The second-order valence-electron chi connectivity index (χ2n) is 25.5. The van der Waals surface area contributed by atoms with E-state index in [-0.39, 0.29) is 62.6 Å². The van der Waals surface area contributed by atoms with Crippen LogP contribution in [0.2, 0.25) is 0 Å². The summed E-state index contributed by atoms with van der Waals surface area (Å²) >= 11 is 0. The van der Waals surface area contributed by atoms with Gasteiger partial charge in [0.2, 0.25) is 11.8 Å². The van der Waals surface area contributed by atoms with Crippen LogP contribution in [0.15, 0.2) is 47.1 Å². The largest absolute Gasteiger partial charge is 0.472 e. The van der Waals surface area contributed by atoms with Gasteiger partial charge in [-0.3, -0.25) is 23.4 Å². The van der Waals surface area contributed by atoms with Gasteiger partial charge >= 0.3 is 13.8 Å². The smallest absolute Gasteiger partial charge is 0.465 e. The number of hydrogen-bond donors (Lipinski definition) is 3. The van der Waals surface area contributed by atoms with Crippen molar-refractivity contribution in [1.82, 2.24) is 10.6 Å². The number of nitrogens with one attached hydrogen (secondary N) is 2. The third kappa shape index (κ3) is 55.5. The Morgan fingerprint density at radius 1 is 0.526 bits per heavy atom. The molecule has 2 unspecified atom stereocenters. The summed E-state index contributed by atoms with van der Waals surface area (Å²) in [5.74, 6) is -0.231. The van der Waals surface area contributed by atoms with Crippen molar-refractivity contribution in [1.29, 1.82) is 0 Å². The van der Waals surface area contributed by atoms with E-state index in [1.54, 1.807) is 6.08 Å². The summed E-state index contributed by atoms with van der Waals surface area (Å²) in [4.78, 5) is 46.9. The van der Waals surface area contributed by atoms with Gasteiger partial charge in [-0.25, -0.2) is 4.57 Å². The van der Waals surface area contributed by atoms with Crippen molar-refractivity contribution in [3.63, 3.8) is 0 Å². The highest BCUT2D eigenvalue weighted by Crippen LogP contribution is 2.52. The summed E-state index contributed by atoms with van der Waals surface area (Å²) in [7, 11) is -4.34. The van der Waals surface area contributed by atoms with E-state index in [1.807, 2.05) is 13.0 Å². The van der Waals surface area contributed by atoms with Gasteiger partial charge in [0.05, 0.1) is 178 Å². The molecule has 1 fully saturated rings. The number of unbranched alkanes of at least 4 members (excludes halogenated alkanes) is 14. The van der Waals surface area contributed by atoms with Crippen molar-refractivity contribution in [2.45, 2.75) is 189 Å². The Labute approximate surface area is 573 Å². The van der Waals surface area contributed by atoms with Crippen molar-refractivity contribution in [3.8, 4) is 0 Å². The number of allylic oxidation sites excluding steroid dienone is 7. The lowest BCUT2D eigenvalue weighted by atomic mass is 9.72. The van der Waals surface area contributed by atoms with Gasteiger partial charge in [0.25, 0.3) is 0 Å².